The van der Waals surface area contributed by atoms with Crippen molar-refractivity contribution in [3.63, 3.8) is 0 Å². The molecule has 0 unspecified atom stereocenters. The molecule has 2 amide bonds. The van der Waals surface area contributed by atoms with Crippen molar-refractivity contribution in [3.05, 3.63) is 101 Å². The van der Waals surface area contributed by atoms with Gasteiger partial charge < -0.3 is 21.1 Å². The van der Waals surface area contributed by atoms with Crippen molar-refractivity contribution in [2.45, 2.75) is 56.4 Å². The minimum absolute atomic E-state index is 0.0493. The summed E-state index contributed by atoms with van der Waals surface area (Å²) < 4.78 is 23.0. The largest absolute Gasteiger partial charge is 0.391 e. The van der Waals surface area contributed by atoms with E-state index in [0.29, 0.717) is 43.6 Å². The fourth-order valence-corrected chi connectivity index (χ4v) is 5.68. The Morgan fingerprint density at radius 2 is 1.50 bits per heavy atom. The van der Waals surface area contributed by atoms with Crippen molar-refractivity contribution >= 4 is 21.8 Å². The van der Waals surface area contributed by atoms with Gasteiger partial charge in [0.2, 0.25) is 15.9 Å². The third-order valence-electron chi connectivity index (χ3n) is 7.21. The van der Waals surface area contributed by atoms with Gasteiger partial charge in [0, 0.05) is 36.7 Å². The Bertz CT molecular complexity index is 1420. The zero-order valence-electron chi connectivity index (χ0n) is 24.3. The third kappa shape index (κ3) is 8.96. The van der Waals surface area contributed by atoms with Crippen molar-refractivity contribution in [3.8, 4) is 0 Å². The van der Waals surface area contributed by atoms with Crippen molar-refractivity contribution in [2.75, 3.05) is 26.2 Å². The molecule has 0 aliphatic carbocycles. The first-order valence-corrected chi connectivity index (χ1v) is 15.9. The van der Waals surface area contributed by atoms with Gasteiger partial charge in [-0.3, -0.25) is 9.59 Å². The molecule has 9 nitrogen and oxygen atoms in total. The van der Waals surface area contributed by atoms with Crippen LogP contribution in [0.15, 0.2) is 77.7 Å². The van der Waals surface area contributed by atoms with Crippen molar-refractivity contribution < 1.29 is 23.1 Å². The van der Waals surface area contributed by atoms with E-state index >= 15 is 0 Å². The fraction of sp³-hybridized carbons (Fsp3) is 0.375. The molecular weight excluding hydrogens is 552 g/mol. The molecule has 0 heterocycles. The van der Waals surface area contributed by atoms with E-state index in [1.807, 2.05) is 44.2 Å². The normalized spacial score (nSPS) is 13.0. The Balaban J connectivity index is 1.90. The maximum atomic E-state index is 13.8. The first-order valence-electron chi connectivity index (χ1n) is 14.3. The summed E-state index contributed by atoms with van der Waals surface area (Å²) in [6.07, 6.45) is 1.62. The lowest BCUT2D eigenvalue weighted by molar-refractivity contribution is 0.0751. The Labute approximate surface area is 249 Å². The van der Waals surface area contributed by atoms with Gasteiger partial charge >= 0.3 is 0 Å². The predicted molar refractivity (Wildman–Crippen MR) is 165 cm³/mol. The summed E-state index contributed by atoms with van der Waals surface area (Å²) in [4.78, 5) is 28.3. The van der Waals surface area contributed by atoms with Crippen LogP contribution >= 0.6 is 0 Å². The summed E-state index contributed by atoms with van der Waals surface area (Å²) in [6.45, 7) is 5.89. The highest BCUT2D eigenvalue weighted by Crippen LogP contribution is 2.32. The molecule has 3 aromatic rings. The lowest BCUT2D eigenvalue weighted by atomic mass is 9.81. The summed E-state index contributed by atoms with van der Waals surface area (Å²) in [7, 11) is -3.76. The van der Waals surface area contributed by atoms with Crippen molar-refractivity contribution in [2.24, 2.45) is 10.9 Å². The van der Waals surface area contributed by atoms with E-state index in [9.17, 15) is 23.1 Å². The van der Waals surface area contributed by atoms with Crippen LogP contribution in [-0.4, -0.2) is 62.5 Å². The molecule has 0 fully saturated rings. The van der Waals surface area contributed by atoms with E-state index in [2.05, 4.69) is 5.32 Å². The fourth-order valence-electron chi connectivity index (χ4n) is 5.16. The lowest BCUT2D eigenvalue weighted by Crippen LogP contribution is -2.38. The Morgan fingerprint density at radius 1 is 0.881 bits per heavy atom. The highest BCUT2D eigenvalue weighted by Gasteiger charge is 2.31. The number of nitrogens with one attached hydrogen (secondary N) is 1. The Kier molecular flexibility index (Phi) is 12.2. The smallest absolute Gasteiger partial charge is 0.254 e. The van der Waals surface area contributed by atoms with Crippen LogP contribution in [-0.2, 0) is 22.9 Å². The Hall–Kier alpha value is -3.57. The number of carbonyl (C=O) groups excluding carboxylic acids is 2. The maximum absolute atomic E-state index is 13.8. The van der Waals surface area contributed by atoms with E-state index in [1.54, 1.807) is 35.2 Å². The summed E-state index contributed by atoms with van der Waals surface area (Å²) in [5, 5.41) is 20.0. The van der Waals surface area contributed by atoms with Gasteiger partial charge in [-0.2, -0.15) is 0 Å². The van der Waals surface area contributed by atoms with E-state index < -0.39 is 28.0 Å². The molecule has 226 valence electrons. The zero-order chi connectivity index (χ0) is 30.7. The van der Waals surface area contributed by atoms with Crippen LogP contribution in [0.3, 0.4) is 0 Å². The average Bonchev–Trinajstić information content (AvgIpc) is 2.97. The van der Waals surface area contributed by atoms with Gasteiger partial charge in [-0.25, -0.2) is 13.6 Å². The number of sulfonamides is 1. The molecule has 6 N–H and O–H groups in total. The van der Waals surface area contributed by atoms with Crippen LogP contribution in [0.2, 0.25) is 0 Å². The van der Waals surface area contributed by atoms with E-state index in [-0.39, 0.29) is 22.9 Å². The number of benzene rings is 3. The summed E-state index contributed by atoms with van der Waals surface area (Å²) in [5.74, 6) is -1.43. The number of primary sulfonamides is 1. The number of rotatable bonds is 16. The minimum atomic E-state index is -3.76. The first kappa shape index (κ1) is 32.9. The summed E-state index contributed by atoms with van der Waals surface area (Å²) in [5.41, 5.74) is 8.75. The number of aliphatic hydroxyl groups is 1. The lowest BCUT2D eigenvalue weighted by Gasteiger charge is -2.29. The van der Waals surface area contributed by atoms with Gasteiger partial charge in [-0.15, -0.1) is 0 Å². The summed E-state index contributed by atoms with van der Waals surface area (Å²) in [6, 6.07) is 21.0. The average molecular weight is 595 g/mol. The number of aliphatic hydroxyl groups excluding tert-OH is 1. The van der Waals surface area contributed by atoms with Gasteiger partial charge in [0.15, 0.2) is 0 Å². The first-order chi connectivity index (χ1) is 20.1. The molecule has 2 atom stereocenters. The number of hydrogen-bond acceptors (Lipinski definition) is 6. The molecule has 0 bridgehead atoms. The predicted octanol–water partition coefficient (Wildman–Crippen LogP) is 3.21. The molecule has 0 saturated carbocycles. The third-order valence-corrected chi connectivity index (χ3v) is 8.13. The molecule has 42 heavy (non-hydrogen) atoms. The van der Waals surface area contributed by atoms with Crippen LogP contribution in [0, 0.1) is 0 Å². The van der Waals surface area contributed by atoms with Crippen LogP contribution < -0.4 is 16.2 Å². The Morgan fingerprint density at radius 3 is 2.07 bits per heavy atom. The molecule has 0 aromatic heterocycles. The summed E-state index contributed by atoms with van der Waals surface area (Å²) >= 11 is 0. The van der Waals surface area contributed by atoms with Crippen molar-refractivity contribution in [1.29, 1.82) is 0 Å². The molecule has 0 radical (unpaired) electrons. The van der Waals surface area contributed by atoms with Crippen LogP contribution in [0.5, 0.6) is 0 Å². The number of nitrogens with zero attached hydrogens (tertiary/aromatic N) is 1. The number of amides is 2. The van der Waals surface area contributed by atoms with Gasteiger partial charge in [-0.05, 0) is 73.2 Å². The molecule has 10 heteroatoms. The number of carbonyl (C=O) groups is 2. The van der Waals surface area contributed by atoms with E-state index in [4.69, 9.17) is 10.9 Å². The van der Waals surface area contributed by atoms with Crippen LogP contribution in [0.4, 0.5) is 0 Å². The second kappa shape index (κ2) is 15.6. The molecule has 0 saturated heterocycles. The zero-order valence-corrected chi connectivity index (χ0v) is 25.1. The van der Waals surface area contributed by atoms with Gasteiger partial charge in [0.25, 0.3) is 5.91 Å². The SMILES string of the molecule is CCCN(CCC)C(=O)c1cccc(C(N)=O)c1[C@H](Cc1ccccc1)[C@@H](O)CNCCc1ccc(S(N)(=O)=O)cc1. The van der Waals surface area contributed by atoms with Gasteiger partial charge in [-0.1, -0.05) is 62.4 Å². The van der Waals surface area contributed by atoms with Crippen LogP contribution in [0.1, 0.15) is 70.0 Å². The highest BCUT2D eigenvalue weighted by molar-refractivity contribution is 7.89. The number of nitrogens with two attached hydrogens (primary N) is 2. The molecule has 0 spiro atoms. The van der Waals surface area contributed by atoms with Crippen molar-refractivity contribution in [1.82, 2.24) is 10.2 Å². The highest BCUT2D eigenvalue weighted by atomic mass is 32.2. The monoisotopic (exact) mass is 594 g/mol. The maximum Gasteiger partial charge on any atom is 0.254 e. The topological polar surface area (TPSA) is 156 Å². The van der Waals surface area contributed by atoms with Crippen LogP contribution in [0.25, 0.3) is 0 Å². The second-order valence-corrected chi connectivity index (χ2v) is 12.0. The van der Waals surface area contributed by atoms with Gasteiger partial charge in [0.1, 0.15) is 0 Å². The van der Waals surface area contributed by atoms with E-state index in [0.717, 1.165) is 24.0 Å². The van der Waals surface area contributed by atoms with Gasteiger partial charge in [0.05, 0.1) is 11.0 Å². The molecular formula is C32H42N4O5S. The minimum Gasteiger partial charge on any atom is -0.391 e. The molecule has 3 rings (SSSR count). The number of primary amides is 1. The molecule has 3 aromatic carbocycles. The molecule has 0 aliphatic heterocycles. The standard InChI is InChI=1S/C32H42N4O5S/c1-3-19-36(20-4-2)32(39)27-12-8-11-26(31(33)38)30(27)28(21-24-9-6-5-7-10-24)29(37)22-35-18-17-23-13-15-25(16-14-23)42(34,40)41/h5-16,28-29,35,37H,3-4,17-22H2,1-2H3,(H2,33,38)(H2,34,40,41)/t28-,29+/m1/s1. The number of hydrogen-bond donors (Lipinski definition) is 4. The second-order valence-electron chi connectivity index (χ2n) is 10.4. The molecule has 0 aliphatic rings. The van der Waals surface area contributed by atoms with E-state index in [1.165, 1.54) is 12.1 Å². The quantitative estimate of drug-likeness (QED) is 0.187.